The molecular formula is C16H15F2N3O5S. The van der Waals surface area contributed by atoms with Gasteiger partial charge in [0.15, 0.2) is 12.4 Å². The number of benzene rings is 1. The van der Waals surface area contributed by atoms with Crippen LogP contribution in [0, 0.1) is 18.6 Å². The molecule has 2 aromatic rings. The number of carbonyl (C=O) groups excluding carboxylic acids is 3. The van der Waals surface area contributed by atoms with Crippen molar-refractivity contribution in [2.24, 2.45) is 0 Å². The van der Waals surface area contributed by atoms with E-state index >= 15 is 0 Å². The molecular weight excluding hydrogens is 384 g/mol. The van der Waals surface area contributed by atoms with Crippen molar-refractivity contribution in [3.8, 4) is 0 Å². The highest BCUT2D eigenvalue weighted by molar-refractivity contribution is 8.00. The Kier molecular flexibility index (Phi) is 7.29. The van der Waals surface area contributed by atoms with E-state index in [1.807, 2.05) is 0 Å². The van der Waals surface area contributed by atoms with Gasteiger partial charge < -0.3 is 19.9 Å². The van der Waals surface area contributed by atoms with E-state index in [1.165, 1.54) is 0 Å². The zero-order chi connectivity index (χ0) is 19.8. The molecule has 0 saturated heterocycles. The Labute approximate surface area is 156 Å². The van der Waals surface area contributed by atoms with Gasteiger partial charge in [-0.1, -0.05) is 5.16 Å². The van der Waals surface area contributed by atoms with Gasteiger partial charge in [0.2, 0.25) is 5.91 Å². The van der Waals surface area contributed by atoms with Crippen LogP contribution in [0.4, 0.5) is 20.3 Å². The lowest BCUT2D eigenvalue weighted by Gasteiger charge is -2.07. The zero-order valence-corrected chi connectivity index (χ0v) is 14.9. The van der Waals surface area contributed by atoms with Crippen LogP contribution in [0.15, 0.2) is 28.8 Å². The predicted molar refractivity (Wildman–Crippen MR) is 93.1 cm³/mol. The van der Waals surface area contributed by atoms with Crippen molar-refractivity contribution < 1.29 is 32.4 Å². The third-order valence-corrected chi connectivity index (χ3v) is 3.82. The number of halogens is 2. The van der Waals surface area contributed by atoms with E-state index in [2.05, 4.69) is 15.8 Å². The largest absolute Gasteiger partial charge is 0.455 e. The van der Waals surface area contributed by atoms with Crippen LogP contribution >= 0.6 is 11.8 Å². The summed E-state index contributed by atoms with van der Waals surface area (Å²) >= 11 is 0.977. The Bertz CT molecular complexity index is 843. The smallest absolute Gasteiger partial charge is 0.316 e. The van der Waals surface area contributed by atoms with Crippen LogP contribution in [-0.2, 0) is 19.1 Å². The second-order valence-corrected chi connectivity index (χ2v) is 6.18. The van der Waals surface area contributed by atoms with E-state index in [0.29, 0.717) is 11.8 Å². The SMILES string of the molecule is Cc1cc(NC(=O)CSCC(=O)OCC(=O)Nc2ccc(F)cc2F)no1. The number of hydrogen-bond acceptors (Lipinski definition) is 7. The highest BCUT2D eigenvalue weighted by Gasteiger charge is 2.12. The van der Waals surface area contributed by atoms with Crippen LogP contribution in [0.3, 0.4) is 0 Å². The van der Waals surface area contributed by atoms with Crippen LogP contribution in [0.5, 0.6) is 0 Å². The normalized spacial score (nSPS) is 10.3. The van der Waals surface area contributed by atoms with Crippen molar-refractivity contribution in [3.05, 3.63) is 41.7 Å². The van der Waals surface area contributed by atoms with Crippen molar-refractivity contribution in [3.63, 3.8) is 0 Å². The van der Waals surface area contributed by atoms with Gasteiger partial charge in [0, 0.05) is 12.1 Å². The first-order chi connectivity index (χ1) is 12.8. The fourth-order valence-electron chi connectivity index (χ4n) is 1.80. The molecule has 1 aromatic heterocycles. The molecule has 2 N–H and O–H groups in total. The topological polar surface area (TPSA) is 111 Å². The Morgan fingerprint density at radius 1 is 1.15 bits per heavy atom. The molecule has 0 aliphatic heterocycles. The molecule has 0 saturated carbocycles. The van der Waals surface area contributed by atoms with E-state index in [1.54, 1.807) is 13.0 Å². The molecule has 0 radical (unpaired) electrons. The lowest BCUT2D eigenvalue weighted by molar-refractivity contribution is -0.144. The Hall–Kier alpha value is -2.95. The number of nitrogens with one attached hydrogen (secondary N) is 2. The number of thioether (sulfide) groups is 1. The Morgan fingerprint density at radius 3 is 2.59 bits per heavy atom. The molecule has 0 atom stereocenters. The van der Waals surface area contributed by atoms with Crippen molar-refractivity contribution in [1.82, 2.24) is 5.16 Å². The minimum Gasteiger partial charge on any atom is -0.455 e. The number of anilines is 2. The second-order valence-electron chi connectivity index (χ2n) is 5.20. The molecule has 1 heterocycles. The molecule has 2 rings (SSSR count). The fourth-order valence-corrected chi connectivity index (χ4v) is 2.41. The van der Waals surface area contributed by atoms with E-state index in [-0.39, 0.29) is 28.9 Å². The summed E-state index contributed by atoms with van der Waals surface area (Å²) in [7, 11) is 0. The van der Waals surface area contributed by atoms with Crippen LogP contribution in [0.2, 0.25) is 0 Å². The van der Waals surface area contributed by atoms with Crippen molar-refractivity contribution in [2.45, 2.75) is 6.92 Å². The Morgan fingerprint density at radius 2 is 1.93 bits per heavy atom. The predicted octanol–water partition coefficient (Wildman–Crippen LogP) is 2.11. The molecule has 27 heavy (non-hydrogen) atoms. The summed E-state index contributed by atoms with van der Waals surface area (Å²) in [6, 6.07) is 4.19. The summed E-state index contributed by atoms with van der Waals surface area (Å²) in [4.78, 5) is 34.8. The van der Waals surface area contributed by atoms with E-state index < -0.39 is 30.1 Å². The quantitative estimate of drug-likeness (QED) is 0.654. The number of hydrogen-bond donors (Lipinski definition) is 2. The summed E-state index contributed by atoms with van der Waals surface area (Å²) in [5.41, 5.74) is -0.230. The molecule has 144 valence electrons. The first kappa shape index (κ1) is 20.4. The minimum absolute atomic E-state index is 0.0337. The van der Waals surface area contributed by atoms with Gasteiger partial charge in [0.25, 0.3) is 5.91 Å². The molecule has 0 fully saturated rings. The molecule has 0 unspecified atom stereocenters. The number of aryl methyl sites for hydroxylation is 1. The number of amides is 2. The number of aromatic nitrogens is 1. The van der Waals surface area contributed by atoms with Gasteiger partial charge in [-0.25, -0.2) is 8.78 Å². The molecule has 0 aliphatic rings. The van der Waals surface area contributed by atoms with Gasteiger partial charge in [-0.15, -0.1) is 11.8 Å². The first-order valence-electron chi connectivity index (χ1n) is 7.55. The second kappa shape index (κ2) is 9.67. The van der Waals surface area contributed by atoms with Crippen LogP contribution in [-0.4, -0.2) is 41.1 Å². The van der Waals surface area contributed by atoms with Crippen LogP contribution in [0.25, 0.3) is 0 Å². The minimum atomic E-state index is -0.946. The number of nitrogens with zero attached hydrogens (tertiary/aromatic N) is 1. The van der Waals surface area contributed by atoms with Gasteiger partial charge >= 0.3 is 5.97 Å². The number of esters is 1. The molecule has 1 aromatic carbocycles. The van der Waals surface area contributed by atoms with Gasteiger partial charge in [-0.05, 0) is 19.1 Å². The lowest BCUT2D eigenvalue weighted by Crippen LogP contribution is -2.22. The standard InChI is InChI=1S/C16H15F2N3O5S/c1-9-4-13(21-26-9)20-15(23)7-27-8-16(24)25-6-14(22)19-12-3-2-10(17)5-11(12)18/h2-5H,6-8H2,1H3,(H,19,22)(H,20,21,23). The molecule has 8 nitrogen and oxygen atoms in total. The van der Waals surface area contributed by atoms with E-state index in [9.17, 15) is 23.2 Å². The van der Waals surface area contributed by atoms with Crippen molar-refractivity contribution >= 4 is 41.1 Å². The third-order valence-electron chi connectivity index (χ3n) is 2.92. The van der Waals surface area contributed by atoms with Crippen molar-refractivity contribution in [1.29, 1.82) is 0 Å². The molecule has 11 heteroatoms. The van der Waals surface area contributed by atoms with Crippen LogP contribution in [0.1, 0.15) is 5.76 Å². The van der Waals surface area contributed by atoms with E-state index in [0.717, 1.165) is 23.9 Å². The number of carbonyl (C=O) groups is 3. The summed E-state index contributed by atoms with van der Waals surface area (Å²) in [6.45, 7) is 1.04. The zero-order valence-electron chi connectivity index (χ0n) is 14.1. The maximum atomic E-state index is 13.4. The van der Waals surface area contributed by atoms with Crippen molar-refractivity contribution in [2.75, 3.05) is 28.7 Å². The van der Waals surface area contributed by atoms with Crippen LogP contribution < -0.4 is 10.6 Å². The highest BCUT2D eigenvalue weighted by atomic mass is 32.2. The van der Waals surface area contributed by atoms with Gasteiger partial charge in [-0.3, -0.25) is 14.4 Å². The molecule has 2 amide bonds. The van der Waals surface area contributed by atoms with Gasteiger partial charge in [0.1, 0.15) is 17.4 Å². The third kappa shape index (κ3) is 7.05. The maximum absolute atomic E-state index is 13.4. The molecule has 0 spiro atoms. The number of rotatable bonds is 8. The maximum Gasteiger partial charge on any atom is 0.316 e. The average Bonchev–Trinajstić information content (AvgIpc) is 3.00. The average molecular weight is 399 g/mol. The molecule has 0 aliphatic carbocycles. The highest BCUT2D eigenvalue weighted by Crippen LogP contribution is 2.14. The summed E-state index contributed by atoms with van der Waals surface area (Å²) in [5, 5.41) is 8.23. The van der Waals surface area contributed by atoms with Gasteiger partial charge in [0.05, 0.1) is 17.2 Å². The number of ether oxygens (including phenoxy) is 1. The van der Waals surface area contributed by atoms with Gasteiger partial charge in [-0.2, -0.15) is 0 Å². The Balaban J connectivity index is 1.63. The fraction of sp³-hybridized carbons (Fsp3) is 0.250. The summed E-state index contributed by atoms with van der Waals surface area (Å²) < 4.78 is 35.7. The van der Waals surface area contributed by atoms with E-state index in [4.69, 9.17) is 9.26 Å². The first-order valence-corrected chi connectivity index (χ1v) is 8.70. The molecule has 0 bridgehead atoms. The monoisotopic (exact) mass is 399 g/mol. The lowest BCUT2D eigenvalue weighted by atomic mass is 10.3. The summed E-state index contributed by atoms with van der Waals surface area (Å²) in [6.07, 6.45) is 0. The summed E-state index contributed by atoms with van der Waals surface area (Å²) in [5.74, 6) is -3.00.